The molecule has 1 atom stereocenters. The first-order chi connectivity index (χ1) is 11.0. The third-order valence-electron chi connectivity index (χ3n) is 4.53. The fraction of sp³-hybridized carbons (Fsp3) is 0.316. The topological polar surface area (TPSA) is 32.3 Å². The molecule has 2 aromatic rings. The van der Waals surface area contributed by atoms with Crippen LogP contribution in [0.4, 0.5) is 10.1 Å². The molecule has 1 amide bonds. The van der Waals surface area contributed by atoms with Crippen molar-refractivity contribution >= 4 is 11.6 Å². The van der Waals surface area contributed by atoms with Gasteiger partial charge in [-0.3, -0.25) is 9.69 Å². The van der Waals surface area contributed by atoms with E-state index in [0.29, 0.717) is 11.3 Å². The molecule has 3 nitrogen and oxygen atoms in total. The maximum atomic E-state index is 13.6. The summed E-state index contributed by atoms with van der Waals surface area (Å²) in [5.74, 6) is -0.407. The molecule has 0 radical (unpaired) electrons. The Kier molecular flexibility index (Phi) is 4.44. The third-order valence-corrected chi connectivity index (χ3v) is 4.53. The zero-order chi connectivity index (χ0) is 16.4. The van der Waals surface area contributed by atoms with Crippen molar-refractivity contribution in [1.29, 1.82) is 0 Å². The molecule has 1 aliphatic heterocycles. The Labute approximate surface area is 136 Å². The van der Waals surface area contributed by atoms with Crippen LogP contribution in [0, 0.1) is 12.7 Å². The van der Waals surface area contributed by atoms with Crippen LogP contribution in [0.25, 0.3) is 0 Å². The summed E-state index contributed by atoms with van der Waals surface area (Å²) in [5.41, 5.74) is 3.71. The first kappa shape index (κ1) is 15.7. The molecule has 1 N–H and O–H groups in total. The Hall–Kier alpha value is -2.20. The number of nitrogens with one attached hydrogen (secondary N) is 1. The minimum atomic E-state index is -0.303. The van der Waals surface area contributed by atoms with Gasteiger partial charge in [0.25, 0.3) is 0 Å². The van der Waals surface area contributed by atoms with Crippen LogP contribution in [0.3, 0.4) is 0 Å². The molecule has 0 unspecified atom stereocenters. The minimum absolute atomic E-state index is 0.104. The van der Waals surface area contributed by atoms with E-state index >= 15 is 0 Å². The van der Waals surface area contributed by atoms with Gasteiger partial charge in [0.05, 0.1) is 6.04 Å². The number of carbonyl (C=O) groups is 1. The summed E-state index contributed by atoms with van der Waals surface area (Å²) in [4.78, 5) is 14.6. The summed E-state index contributed by atoms with van der Waals surface area (Å²) < 4.78 is 13.6. The highest BCUT2D eigenvalue weighted by molar-refractivity contribution is 5.94. The summed E-state index contributed by atoms with van der Waals surface area (Å²) >= 11 is 0. The van der Waals surface area contributed by atoms with Crippen LogP contribution in [-0.2, 0) is 17.8 Å². The fourth-order valence-electron chi connectivity index (χ4n) is 2.93. The molecule has 2 aromatic carbocycles. The van der Waals surface area contributed by atoms with E-state index in [1.165, 1.54) is 17.2 Å². The predicted molar refractivity (Wildman–Crippen MR) is 89.8 cm³/mol. The average molecular weight is 312 g/mol. The molecule has 0 fully saturated rings. The van der Waals surface area contributed by atoms with Crippen LogP contribution >= 0.6 is 0 Å². The van der Waals surface area contributed by atoms with Gasteiger partial charge in [0.2, 0.25) is 5.91 Å². The van der Waals surface area contributed by atoms with Crippen LogP contribution in [0.1, 0.15) is 23.6 Å². The summed E-state index contributed by atoms with van der Waals surface area (Å²) in [5, 5.41) is 2.81. The van der Waals surface area contributed by atoms with Crippen molar-refractivity contribution in [3.63, 3.8) is 0 Å². The smallest absolute Gasteiger partial charge is 0.241 e. The zero-order valence-corrected chi connectivity index (χ0v) is 13.5. The van der Waals surface area contributed by atoms with Crippen molar-refractivity contribution in [3.8, 4) is 0 Å². The second-order valence-corrected chi connectivity index (χ2v) is 6.12. The van der Waals surface area contributed by atoms with E-state index in [-0.39, 0.29) is 17.8 Å². The van der Waals surface area contributed by atoms with Crippen molar-refractivity contribution in [2.75, 3.05) is 11.9 Å². The summed E-state index contributed by atoms with van der Waals surface area (Å²) in [7, 11) is 0. The quantitative estimate of drug-likeness (QED) is 0.940. The summed E-state index contributed by atoms with van der Waals surface area (Å²) in [6, 6.07) is 12.9. The first-order valence-electron chi connectivity index (χ1n) is 7.92. The van der Waals surface area contributed by atoms with E-state index in [4.69, 9.17) is 0 Å². The number of rotatable bonds is 3. The largest absolute Gasteiger partial charge is 0.325 e. The van der Waals surface area contributed by atoms with Gasteiger partial charge in [-0.2, -0.15) is 0 Å². The van der Waals surface area contributed by atoms with Crippen LogP contribution in [0.2, 0.25) is 0 Å². The Morgan fingerprint density at radius 3 is 2.70 bits per heavy atom. The van der Waals surface area contributed by atoms with Crippen LogP contribution < -0.4 is 5.32 Å². The Bertz CT molecular complexity index is 729. The van der Waals surface area contributed by atoms with E-state index in [1.807, 2.05) is 13.0 Å². The highest BCUT2D eigenvalue weighted by atomic mass is 19.1. The van der Waals surface area contributed by atoms with E-state index in [2.05, 4.69) is 28.4 Å². The highest BCUT2D eigenvalue weighted by Crippen LogP contribution is 2.21. The lowest BCUT2D eigenvalue weighted by atomic mass is 9.99. The molecule has 120 valence electrons. The van der Waals surface area contributed by atoms with Crippen LogP contribution in [0.5, 0.6) is 0 Å². The highest BCUT2D eigenvalue weighted by Gasteiger charge is 2.25. The van der Waals surface area contributed by atoms with Crippen molar-refractivity contribution in [2.24, 2.45) is 0 Å². The zero-order valence-electron chi connectivity index (χ0n) is 13.5. The van der Waals surface area contributed by atoms with Crippen LogP contribution in [0.15, 0.2) is 42.5 Å². The third kappa shape index (κ3) is 3.42. The van der Waals surface area contributed by atoms with Gasteiger partial charge in [0, 0.05) is 18.8 Å². The molecule has 1 heterocycles. The van der Waals surface area contributed by atoms with Crippen LogP contribution in [-0.4, -0.2) is 23.4 Å². The standard InChI is InChI=1S/C19H21FN2O/c1-13-7-8-17(11-18(13)20)21-19(23)14(2)22-10-9-15-5-3-4-6-16(15)12-22/h3-8,11,14H,9-10,12H2,1-2H3,(H,21,23)/t14-/m0/s1. The number of fused-ring (bicyclic) bond motifs is 1. The molecule has 23 heavy (non-hydrogen) atoms. The van der Waals surface area contributed by atoms with E-state index in [9.17, 15) is 9.18 Å². The fourth-order valence-corrected chi connectivity index (χ4v) is 2.93. The number of hydrogen-bond acceptors (Lipinski definition) is 2. The summed E-state index contributed by atoms with van der Waals surface area (Å²) in [6.45, 7) is 5.23. The average Bonchev–Trinajstić information content (AvgIpc) is 2.57. The number of halogens is 1. The molecule has 0 spiro atoms. The molecule has 0 bridgehead atoms. The lowest BCUT2D eigenvalue weighted by Gasteiger charge is -2.32. The van der Waals surface area contributed by atoms with Gasteiger partial charge >= 0.3 is 0 Å². The molecule has 0 aromatic heterocycles. The molecular weight excluding hydrogens is 291 g/mol. The van der Waals surface area contributed by atoms with Gasteiger partial charge in [-0.1, -0.05) is 30.3 Å². The van der Waals surface area contributed by atoms with Crippen molar-refractivity contribution in [3.05, 3.63) is 65.0 Å². The van der Waals surface area contributed by atoms with Gasteiger partial charge in [0.1, 0.15) is 5.82 Å². The van der Waals surface area contributed by atoms with Crippen molar-refractivity contribution in [2.45, 2.75) is 32.9 Å². The maximum Gasteiger partial charge on any atom is 0.241 e. The Balaban J connectivity index is 1.67. The van der Waals surface area contributed by atoms with Crippen molar-refractivity contribution in [1.82, 2.24) is 4.90 Å². The molecule has 0 saturated carbocycles. The molecular formula is C19H21FN2O. The normalized spacial score (nSPS) is 15.8. The number of benzene rings is 2. The minimum Gasteiger partial charge on any atom is -0.325 e. The SMILES string of the molecule is Cc1ccc(NC(=O)[C@H](C)N2CCc3ccccc3C2)cc1F. The number of carbonyl (C=O) groups excluding carboxylic acids is 1. The Morgan fingerprint density at radius 2 is 1.96 bits per heavy atom. The monoisotopic (exact) mass is 312 g/mol. The number of hydrogen-bond donors (Lipinski definition) is 1. The second-order valence-electron chi connectivity index (χ2n) is 6.12. The lowest BCUT2D eigenvalue weighted by molar-refractivity contribution is -0.121. The van der Waals surface area contributed by atoms with E-state index in [0.717, 1.165) is 19.5 Å². The summed E-state index contributed by atoms with van der Waals surface area (Å²) in [6.07, 6.45) is 0.951. The first-order valence-corrected chi connectivity index (χ1v) is 7.92. The lowest BCUT2D eigenvalue weighted by Crippen LogP contribution is -2.44. The molecule has 1 aliphatic rings. The van der Waals surface area contributed by atoms with Gasteiger partial charge in [-0.15, -0.1) is 0 Å². The number of anilines is 1. The number of amides is 1. The van der Waals surface area contributed by atoms with Gasteiger partial charge in [-0.25, -0.2) is 4.39 Å². The van der Waals surface area contributed by atoms with Gasteiger partial charge < -0.3 is 5.32 Å². The second kappa shape index (κ2) is 6.50. The Morgan fingerprint density at radius 1 is 1.22 bits per heavy atom. The maximum absolute atomic E-state index is 13.6. The van der Waals surface area contributed by atoms with E-state index in [1.54, 1.807) is 19.1 Å². The molecule has 3 rings (SSSR count). The van der Waals surface area contributed by atoms with Crippen molar-refractivity contribution < 1.29 is 9.18 Å². The molecule has 0 aliphatic carbocycles. The molecule has 0 saturated heterocycles. The van der Waals surface area contributed by atoms with Gasteiger partial charge in [0.15, 0.2) is 0 Å². The predicted octanol–water partition coefficient (Wildman–Crippen LogP) is 3.52. The molecule has 4 heteroatoms. The number of aryl methyl sites for hydroxylation is 1. The van der Waals surface area contributed by atoms with Gasteiger partial charge in [-0.05, 0) is 49.1 Å². The number of nitrogens with zero attached hydrogens (tertiary/aromatic N) is 1. The van der Waals surface area contributed by atoms with E-state index < -0.39 is 0 Å².